The Balaban J connectivity index is 1.61. The molecular formula is C17H23N3O4. The molecule has 2 aliphatic rings. The van der Waals surface area contributed by atoms with Gasteiger partial charge in [-0.25, -0.2) is 4.98 Å². The highest BCUT2D eigenvalue weighted by Gasteiger charge is 2.35. The fraction of sp³-hybridized carbons (Fsp3) is 0.588. The summed E-state index contributed by atoms with van der Waals surface area (Å²) in [5, 5.41) is 3.10. The van der Waals surface area contributed by atoms with E-state index >= 15 is 0 Å². The maximum absolute atomic E-state index is 12.5. The third kappa shape index (κ3) is 3.51. The van der Waals surface area contributed by atoms with Crippen LogP contribution in [0.5, 0.6) is 5.88 Å². The highest BCUT2D eigenvalue weighted by Crippen LogP contribution is 2.30. The van der Waals surface area contributed by atoms with E-state index in [4.69, 9.17) is 9.47 Å². The van der Waals surface area contributed by atoms with Crippen LogP contribution in [0.15, 0.2) is 18.3 Å². The van der Waals surface area contributed by atoms with Crippen LogP contribution >= 0.6 is 0 Å². The molecule has 7 nitrogen and oxygen atoms in total. The van der Waals surface area contributed by atoms with Gasteiger partial charge in [0.05, 0.1) is 19.1 Å². The SMILES string of the molecule is COc1ccc([C@H]2OCC[C@@H]2NC(=O)C2CCN(C(C)=O)C2)cn1. The highest BCUT2D eigenvalue weighted by atomic mass is 16.5. The quantitative estimate of drug-likeness (QED) is 0.886. The lowest BCUT2D eigenvalue weighted by Crippen LogP contribution is -2.41. The largest absolute Gasteiger partial charge is 0.481 e. The number of nitrogens with one attached hydrogen (secondary N) is 1. The molecule has 130 valence electrons. The summed E-state index contributed by atoms with van der Waals surface area (Å²) in [7, 11) is 1.57. The standard InChI is InChI=1S/C17H23N3O4/c1-11(21)20-7-5-13(10-20)17(22)19-14-6-8-24-16(14)12-3-4-15(23-2)18-9-12/h3-4,9,13-14,16H,5-8,10H2,1-2H3,(H,19,22)/t13?,14-,16+/m0/s1. The van der Waals surface area contributed by atoms with Crippen molar-refractivity contribution >= 4 is 11.8 Å². The molecule has 2 aliphatic heterocycles. The van der Waals surface area contributed by atoms with E-state index < -0.39 is 0 Å². The van der Waals surface area contributed by atoms with E-state index in [2.05, 4.69) is 10.3 Å². The van der Waals surface area contributed by atoms with Gasteiger partial charge in [0.25, 0.3) is 0 Å². The van der Waals surface area contributed by atoms with Crippen LogP contribution in [0.4, 0.5) is 0 Å². The number of likely N-dealkylation sites (tertiary alicyclic amines) is 1. The summed E-state index contributed by atoms with van der Waals surface area (Å²) in [6.45, 7) is 3.30. The fourth-order valence-electron chi connectivity index (χ4n) is 3.31. The lowest BCUT2D eigenvalue weighted by molar-refractivity contribution is -0.128. The summed E-state index contributed by atoms with van der Waals surface area (Å²) in [4.78, 5) is 29.8. The van der Waals surface area contributed by atoms with E-state index in [0.29, 0.717) is 32.0 Å². The van der Waals surface area contributed by atoms with Gasteiger partial charge in [-0.1, -0.05) is 0 Å². The molecule has 1 unspecified atom stereocenters. The maximum Gasteiger partial charge on any atom is 0.225 e. The van der Waals surface area contributed by atoms with E-state index in [9.17, 15) is 9.59 Å². The summed E-state index contributed by atoms with van der Waals surface area (Å²) >= 11 is 0. The van der Waals surface area contributed by atoms with Crippen molar-refractivity contribution < 1.29 is 19.1 Å². The van der Waals surface area contributed by atoms with Crippen molar-refractivity contribution in [2.45, 2.75) is 31.9 Å². The van der Waals surface area contributed by atoms with Crippen LogP contribution in [0, 0.1) is 5.92 Å². The Hall–Kier alpha value is -2.15. The van der Waals surface area contributed by atoms with Gasteiger partial charge < -0.3 is 19.7 Å². The summed E-state index contributed by atoms with van der Waals surface area (Å²) in [6.07, 6.45) is 3.01. The molecule has 3 heterocycles. The highest BCUT2D eigenvalue weighted by molar-refractivity contribution is 5.81. The average molecular weight is 333 g/mol. The van der Waals surface area contributed by atoms with Crippen molar-refractivity contribution in [3.05, 3.63) is 23.9 Å². The number of amides is 2. The predicted molar refractivity (Wildman–Crippen MR) is 86.4 cm³/mol. The minimum Gasteiger partial charge on any atom is -0.481 e. The third-order valence-corrected chi connectivity index (χ3v) is 4.72. The first-order chi connectivity index (χ1) is 11.6. The van der Waals surface area contributed by atoms with E-state index in [1.54, 1.807) is 24.3 Å². The number of hydrogen-bond acceptors (Lipinski definition) is 5. The van der Waals surface area contributed by atoms with Crippen molar-refractivity contribution in [1.29, 1.82) is 0 Å². The minimum absolute atomic E-state index is 0.000667. The zero-order valence-electron chi connectivity index (χ0n) is 14.0. The number of ether oxygens (including phenoxy) is 2. The van der Waals surface area contributed by atoms with Gasteiger partial charge in [-0.15, -0.1) is 0 Å². The van der Waals surface area contributed by atoms with E-state index in [-0.39, 0.29) is 29.9 Å². The number of pyridine rings is 1. The Morgan fingerprint density at radius 2 is 2.21 bits per heavy atom. The van der Waals surface area contributed by atoms with Gasteiger partial charge in [-0.3, -0.25) is 9.59 Å². The van der Waals surface area contributed by atoms with Crippen LogP contribution in [0.25, 0.3) is 0 Å². The van der Waals surface area contributed by atoms with Crippen LogP contribution in [-0.2, 0) is 14.3 Å². The summed E-state index contributed by atoms with van der Waals surface area (Å²) in [5.74, 6) is 0.439. The zero-order valence-corrected chi connectivity index (χ0v) is 14.0. The molecule has 2 saturated heterocycles. The molecule has 0 aromatic carbocycles. The number of carbonyl (C=O) groups is 2. The number of nitrogens with zero attached hydrogens (tertiary/aromatic N) is 2. The van der Waals surface area contributed by atoms with Crippen LogP contribution in [0.2, 0.25) is 0 Å². The van der Waals surface area contributed by atoms with Crippen molar-refractivity contribution in [3.8, 4) is 5.88 Å². The van der Waals surface area contributed by atoms with Crippen molar-refractivity contribution in [2.24, 2.45) is 5.92 Å². The minimum atomic E-state index is -0.197. The van der Waals surface area contributed by atoms with Gasteiger partial charge in [-0.2, -0.15) is 0 Å². The molecule has 0 bridgehead atoms. The number of rotatable bonds is 4. The van der Waals surface area contributed by atoms with Crippen LogP contribution < -0.4 is 10.1 Å². The Morgan fingerprint density at radius 1 is 1.38 bits per heavy atom. The fourth-order valence-corrected chi connectivity index (χ4v) is 3.31. The molecule has 0 saturated carbocycles. The molecule has 1 aromatic rings. The molecule has 2 amide bonds. The lowest BCUT2D eigenvalue weighted by atomic mass is 10.0. The van der Waals surface area contributed by atoms with Gasteiger partial charge in [0, 0.05) is 44.4 Å². The molecule has 1 N–H and O–H groups in total. The second-order valence-corrected chi connectivity index (χ2v) is 6.28. The zero-order chi connectivity index (χ0) is 17.1. The Kier molecular flexibility index (Phi) is 4.99. The number of carbonyl (C=O) groups excluding carboxylic acids is 2. The van der Waals surface area contributed by atoms with Crippen molar-refractivity contribution in [3.63, 3.8) is 0 Å². The van der Waals surface area contributed by atoms with Gasteiger partial charge >= 0.3 is 0 Å². The summed E-state index contributed by atoms with van der Waals surface area (Å²) in [5.41, 5.74) is 0.926. The molecular weight excluding hydrogens is 310 g/mol. The molecule has 1 aromatic heterocycles. The molecule has 3 atom stereocenters. The second-order valence-electron chi connectivity index (χ2n) is 6.28. The van der Waals surface area contributed by atoms with Gasteiger partial charge in [0.15, 0.2) is 0 Å². The monoisotopic (exact) mass is 333 g/mol. The van der Waals surface area contributed by atoms with E-state index in [1.165, 1.54) is 6.92 Å². The van der Waals surface area contributed by atoms with E-state index in [0.717, 1.165) is 12.0 Å². The number of aromatic nitrogens is 1. The van der Waals surface area contributed by atoms with Gasteiger partial charge in [0.1, 0.15) is 6.10 Å². The molecule has 7 heteroatoms. The van der Waals surface area contributed by atoms with E-state index in [1.807, 2.05) is 6.07 Å². The molecule has 2 fully saturated rings. The molecule has 0 spiro atoms. The van der Waals surface area contributed by atoms with Gasteiger partial charge in [-0.05, 0) is 18.9 Å². The summed E-state index contributed by atoms with van der Waals surface area (Å²) in [6, 6.07) is 3.63. The van der Waals surface area contributed by atoms with Crippen LogP contribution in [-0.4, -0.2) is 54.5 Å². The second kappa shape index (κ2) is 7.17. The first-order valence-corrected chi connectivity index (χ1v) is 8.26. The van der Waals surface area contributed by atoms with Crippen LogP contribution in [0.3, 0.4) is 0 Å². The Bertz CT molecular complexity index is 604. The van der Waals surface area contributed by atoms with Crippen molar-refractivity contribution in [2.75, 3.05) is 26.8 Å². The Morgan fingerprint density at radius 3 is 2.83 bits per heavy atom. The first-order valence-electron chi connectivity index (χ1n) is 8.26. The molecule has 0 radical (unpaired) electrons. The van der Waals surface area contributed by atoms with Crippen LogP contribution in [0.1, 0.15) is 31.4 Å². The summed E-state index contributed by atoms with van der Waals surface area (Å²) < 4.78 is 10.9. The smallest absolute Gasteiger partial charge is 0.225 e. The molecule has 3 rings (SSSR count). The maximum atomic E-state index is 12.5. The Labute approximate surface area is 141 Å². The van der Waals surface area contributed by atoms with Gasteiger partial charge in [0.2, 0.25) is 17.7 Å². The number of hydrogen-bond donors (Lipinski definition) is 1. The van der Waals surface area contributed by atoms with Crippen molar-refractivity contribution in [1.82, 2.24) is 15.2 Å². The topological polar surface area (TPSA) is 80.8 Å². The third-order valence-electron chi connectivity index (χ3n) is 4.72. The first kappa shape index (κ1) is 16.7. The predicted octanol–water partition coefficient (Wildman–Crippen LogP) is 0.905. The number of methoxy groups -OCH3 is 1. The molecule has 24 heavy (non-hydrogen) atoms. The lowest BCUT2D eigenvalue weighted by Gasteiger charge is -2.22. The average Bonchev–Trinajstić information content (AvgIpc) is 3.24. The molecule has 0 aliphatic carbocycles. The normalized spacial score (nSPS) is 26.4.